The summed E-state index contributed by atoms with van der Waals surface area (Å²) in [5, 5.41) is 0. The van der Waals surface area contributed by atoms with Gasteiger partial charge >= 0.3 is 0 Å². The number of rotatable bonds is 2. The summed E-state index contributed by atoms with van der Waals surface area (Å²) in [7, 11) is -3.54. The highest BCUT2D eigenvalue weighted by Crippen LogP contribution is 2.31. The lowest BCUT2D eigenvalue weighted by molar-refractivity contribution is 0.156. The van der Waals surface area contributed by atoms with Crippen LogP contribution >= 0.6 is 0 Å². The predicted molar refractivity (Wildman–Crippen MR) is 101 cm³/mol. The monoisotopic (exact) mass is 372 g/mol. The highest BCUT2D eigenvalue weighted by atomic mass is 32.2. The Kier molecular flexibility index (Phi) is 4.73. The average Bonchev–Trinajstić information content (AvgIpc) is 2.84. The molecule has 2 aromatic rings. The number of sulfonamides is 1. The summed E-state index contributed by atoms with van der Waals surface area (Å²) in [5.41, 5.74) is 2.55. The molecule has 1 fully saturated rings. The molecule has 2 heterocycles. The quantitative estimate of drug-likeness (QED) is 0.881. The fourth-order valence-corrected chi connectivity index (χ4v) is 5.26. The van der Waals surface area contributed by atoms with Crippen LogP contribution in [0.3, 0.4) is 0 Å². The van der Waals surface area contributed by atoms with Gasteiger partial charge in [0.2, 0.25) is 10.0 Å². The number of likely N-dealkylation sites (tertiary alicyclic amines) is 1. The van der Waals surface area contributed by atoms with Crippen molar-refractivity contribution in [2.45, 2.75) is 43.4 Å². The van der Waals surface area contributed by atoms with Gasteiger partial charge in [-0.05, 0) is 37.5 Å². The van der Waals surface area contributed by atoms with Crippen molar-refractivity contribution in [1.82, 2.24) is 9.62 Å². The summed E-state index contributed by atoms with van der Waals surface area (Å²) in [4.78, 5) is 2.62. The first-order valence-electron chi connectivity index (χ1n) is 9.07. The molecule has 0 unspecified atom stereocenters. The highest BCUT2D eigenvalue weighted by molar-refractivity contribution is 7.89. The molecular formula is C20H24N2O3S. The smallest absolute Gasteiger partial charge is 0.244 e. The fraction of sp³-hybridized carbons (Fsp3) is 0.400. The van der Waals surface area contributed by atoms with Crippen molar-refractivity contribution in [2.75, 3.05) is 13.1 Å². The lowest BCUT2D eigenvalue weighted by atomic mass is 10.1. The Hall–Kier alpha value is -1.89. The normalized spacial score (nSPS) is 25.3. The molecule has 1 saturated heterocycles. The Bertz CT molecular complexity index is 897. The molecule has 26 heavy (non-hydrogen) atoms. The third kappa shape index (κ3) is 3.63. The number of nitrogens with zero attached hydrogens (tertiary/aromatic N) is 1. The molecule has 0 saturated carbocycles. The van der Waals surface area contributed by atoms with Crippen molar-refractivity contribution < 1.29 is 13.2 Å². The molecule has 138 valence electrons. The number of ether oxygens (including phenoxy) is 1. The van der Waals surface area contributed by atoms with Gasteiger partial charge < -0.3 is 4.74 Å². The second-order valence-electron chi connectivity index (χ2n) is 7.17. The van der Waals surface area contributed by atoms with Crippen LogP contribution in [0.4, 0.5) is 0 Å². The largest absolute Gasteiger partial charge is 0.487 e. The molecule has 0 amide bonds. The zero-order valence-corrected chi connectivity index (χ0v) is 15.7. The molecule has 0 radical (unpaired) electrons. The molecule has 2 atom stereocenters. The number of nitrogens with one attached hydrogen (secondary N) is 1. The molecule has 5 nitrogen and oxygen atoms in total. The SMILES string of the molecule is Cc1cccc(CN2CC[C@@H]3NS(=O)(=O)c4ccccc4O[C@H]3CC2)c1. The van der Waals surface area contributed by atoms with E-state index in [1.54, 1.807) is 18.2 Å². The lowest BCUT2D eigenvalue weighted by Crippen LogP contribution is -2.43. The van der Waals surface area contributed by atoms with Gasteiger partial charge in [0.25, 0.3) is 0 Å². The minimum atomic E-state index is -3.54. The average molecular weight is 372 g/mol. The topological polar surface area (TPSA) is 58.6 Å². The van der Waals surface area contributed by atoms with E-state index in [1.165, 1.54) is 11.1 Å². The zero-order valence-electron chi connectivity index (χ0n) is 14.9. The van der Waals surface area contributed by atoms with Crippen LogP contribution in [0, 0.1) is 6.92 Å². The van der Waals surface area contributed by atoms with Gasteiger partial charge in [0, 0.05) is 19.6 Å². The van der Waals surface area contributed by atoms with Gasteiger partial charge in [0.15, 0.2) is 0 Å². The maximum atomic E-state index is 12.7. The third-order valence-corrected chi connectivity index (χ3v) is 6.68. The molecule has 2 aliphatic heterocycles. The first kappa shape index (κ1) is 17.5. The van der Waals surface area contributed by atoms with E-state index in [9.17, 15) is 8.42 Å². The number of hydrogen-bond donors (Lipinski definition) is 1. The Morgan fingerprint density at radius 3 is 2.77 bits per heavy atom. The molecule has 0 aliphatic carbocycles. The van der Waals surface area contributed by atoms with E-state index in [-0.39, 0.29) is 17.0 Å². The van der Waals surface area contributed by atoms with Gasteiger partial charge in [-0.2, -0.15) is 0 Å². The third-order valence-electron chi connectivity index (χ3n) is 5.15. The zero-order chi connectivity index (χ0) is 18.1. The van der Waals surface area contributed by atoms with E-state index in [2.05, 4.69) is 40.8 Å². The highest BCUT2D eigenvalue weighted by Gasteiger charge is 2.36. The van der Waals surface area contributed by atoms with Gasteiger partial charge in [-0.1, -0.05) is 42.0 Å². The van der Waals surface area contributed by atoms with Crippen LogP contribution in [-0.4, -0.2) is 38.6 Å². The van der Waals surface area contributed by atoms with Gasteiger partial charge in [-0.15, -0.1) is 0 Å². The summed E-state index contributed by atoms with van der Waals surface area (Å²) in [6.45, 7) is 4.71. The number of hydrogen-bond acceptors (Lipinski definition) is 4. The fourth-order valence-electron chi connectivity index (χ4n) is 3.83. The first-order chi connectivity index (χ1) is 12.5. The molecule has 0 aromatic heterocycles. The van der Waals surface area contributed by atoms with Crippen LogP contribution in [0.1, 0.15) is 24.0 Å². The standard InChI is InChI=1S/C20H24N2O3S/c1-15-5-4-6-16(13-15)14-22-11-9-17-18(10-12-22)25-19-7-2-3-8-20(19)26(23,24)21-17/h2-8,13,17-18,21H,9-12,14H2,1H3/t17-,18-/m0/s1. The van der Waals surface area contributed by atoms with E-state index in [4.69, 9.17) is 4.74 Å². The molecule has 0 spiro atoms. The molecule has 1 N–H and O–H groups in total. The number of benzene rings is 2. The van der Waals surface area contributed by atoms with E-state index in [0.29, 0.717) is 5.75 Å². The summed E-state index contributed by atoms with van der Waals surface area (Å²) in [5.74, 6) is 0.458. The van der Waals surface area contributed by atoms with Crippen molar-refractivity contribution in [2.24, 2.45) is 0 Å². The summed E-state index contributed by atoms with van der Waals surface area (Å²) in [6.07, 6.45) is 1.40. The van der Waals surface area contributed by atoms with Crippen molar-refractivity contribution in [3.05, 3.63) is 59.7 Å². The lowest BCUT2D eigenvalue weighted by Gasteiger charge is -2.22. The summed E-state index contributed by atoms with van der Waals surface area (Å²) < 4.78 is 34.3. The molecule has 0 bridgehead atoms. The maximum absolute atomic E-state index is 12.7. The van der Waals surface area contributed by atoms with E-state index in [0.717, 1.165) is 32.5 Å². The summed E-state index contributed by atoms with van der Waals surface area (Å²) >= 11 is 0. The second-order valence-corrected chi connectivity index (χ2v) is 8.86. The van der Waals surface area contributed by atoms with E-state index >= 15 is 0 Å². The number of fused-ring (bicyclic) bond motifs is 2. The summed E-state index contributed by atoms with van der Waals surface area (Å²) in [6, 6.07) is 15.2. The van der Waals surface area contributed by atoms with Crippen molar-refractivity contribution in [3.8, 4) is 5.75 Å². The van der Waals surface area contributed by atoms with Gasteiger partial charge in [-0.25, -0.2) is 13.1 Å². The Morgan fingerprint density at radius 2 is 1.92 bits per heavy atom. The Balaban J connectivity index is 1.52. The molecule has 6 heteroatoms. The van der Waals surface area contributed by atoms with E-state index in [1.807, 2.05) is 6.07 Å². The Morgan fingerprint density at radius 1 is 1.12 bits per heavy atom. The minimum absolute atomic E-state index is 0.143. The molecule has 2 aromatic carbocycles. The van der Waals surface area contributed by atoms with Crippen LogP contribution < -0.4 is 9.46 Å². The van der Waals surface area contributed by atoms with Crippen LogP contribution in [-0.2, 0) is 16.6 Å². The second kappa shape index (κ2) is 7.02. The molecular weight excluding hydrogens is 348 g/mol. The molecule has 2 aliphatic rings. The first-order valence-corrected chi connectivity index (χ1v) is 10.6. The van der Waals surface area contributed by atoms with Gasteiger partial charge in [0.05, 0.1) is 6.04 Å². The van der Waals surface area contributed by atoms with Crippen LogP contribution in [0.5, 0.6) is 5.75 Å². The van der Waals surface area contributed by atoms with Gasteiger partial charge in [-0.3, -0.25) is 4.90 Å². The minimum Gasteiger partial charge on any atom is -0.487 e. The van der Waals surface area contributed by atoms with Crippen LogP contribution in [0.2, 0.25) is 0 Å². The number of para-hydroxylation sites is 1. The molecule has 4 rings (SSSR count). The maximum Gasteiger partial charge on any atom is 0.244 e. The van der Waals surface area contributed by atoms with Crippen molar-refractivity contribution in [1.29, 1.82) is 0 Å². The van der Waals surface area contributed by atoms with Crippen LogP contribution in [0.25, 0.3) is 0 Å². The predicted octanol–water partition coefficient (Wildman–Crippen LogP) is 2.70. The van der Waals surface area contributed by atoms with Gasteiger partial charge in [0.1, 0.15) is 16.7 Å². The Labute approximate surface area is 155 Å². The van der Waals surface area contributed by atoms with Crippen molar-refractivity contribution in [3.63, 3.8) is 0 Å². The van der Waals surface area contributed by atoms with Crippen molar-refractivity contribution >= 4 is 10.0 Å². The van der Waals surface area contributed by atoms with Crippen LogP contribution in [0.15, 0.2) is 53.4 Å². The number of aryl methyl sites for hydroxylation is 1. The van der Waals surface area contributed by atoms with E-state index < -0.39 is 10.0 Å².